The van der Waals surface area contributed by atoms with Gasteiger partial charge in [-0.3, -0.25) is 19.8 Å². The molecule has 174 valence electrons. The first kappa shape index (κ1) is 23.3. The van der Waals surface area contributed by atoms with E-state index in [1.165, 1.54) is 29.2 Å². The van der Waals surface area contributed by atoms with Crippen LogP contribution in [0.25, 0.3) is 0 Å². The first-order chi connectivity index (χ1) is 15.0. The van der Waals surface area contributed by atoms with E-state index in [4.69, 9.17) is 9.47 Å². The van der Waals surface area contributed by atoms with Gasteiger partial charge in [-0.1, -0.05) is 0 Å². The number of nitro benzene ring substituents is 1. The highest BCUT2D eigenvalue weighted by Crippen LogP contribution is 2.21. The van der Waals surface area contributed by atoms with Gasteiger partial charge in [-0.05, 0) is 51.3 Å². The van der Waals surface area contributed by atoms with E-state index in [1.54, 1.807) is 25.7 Å². The number of non-ortho nitro benzene ring substituents is 1. The average Bonchev–Trinajstić information content (AvgIpc) is 3.13. The molecular formula is C21H28N4O7. The van der Waals surface area contributed by atoms with Crippen LogP contribution in [0.3, 0.4) is 0 Å². The number of carbonyl (C=O) groups excluding carboxylic acids is 3. The van der Waals surface area contributed by atoms with E-state index in [1.807, 2.05) is 0 Å². The van der Waals surface area contributed by atoms with Crippen LogP contribution in [0.4, 0.5) is 15.3 Å². The Labute approximate surface area is 185 Å². The number of likely N-dealkylation sites (tertiary alicyclic amines) is 2. The van der Waals surface area contributed by atoms with Gasteiger partial charge in [0.15, 0.2) is 0 Å². The molecule has 2 aliphatic heterocycles. The second kappa shape index (κ2) is 9.41. The van der Waals surface area contributed by atoms with E-state index in [2.05, 4.69) is 5.32 Å². The van der Waals surface area contributed by atoms with Crippen molar-refractivity contribution >= 4 is 23.8 Å². The Morgan fingerprint density at radius 3 is 2.38 bits per heavy atom. The molecule has 1 aromatic rings. The lowest BCUT2D eigenvalue weighted by Crippen LogP contribution is -2.59. The number of carbonyl (C=O) groups is 3. The summed E-state index contributed by atoms with van der Waals surface area (Å²) in [6, 6.07) is 4.89. The molecular weight excluding hydrogens is 420 g/mol. The molecule has 2 aliphatic rings. The molecule has 2 heterocycles. The van der Waals surface area contributed by atoms with Gasteiger partial charge in [0.05, 0.1) is 4.92 Å². The molecule has 1 aromatic carbocycles. The second-order valence-corrected chi connectivity index (χ2v) is 8.90. The Hall–Kier alpha value is -3.37. The minimum Gasteiger partial charge on any atom is -0.445 e. The predicted octanol–water partition coefficient (Wildman–Crippen LogP) is 2.43. The van der Waals surface area contributed by atoms with Crippen LogP contribution in [-0.2, 0) is 20.9 Å². The standard InChI is InChI=1S/C21H28N4O7/c1-21(2,3)32-19(27)23-10-8-15(12-23)22-18(26)17-9-11-24(17)20(28)31-13-14-4-6-16(7-5-14)25(29)30/h4-7,15,17H,8-13H2,1-3H3,(H,22,26)/t15-,17-/m0/s1. The molecule has 11 nitrogen and oxygen atoms in total. The average molecular weight is 448 g/mol. The highest BCUT2D eigenvalue weighted by atomic mass is 16.6. The molecule has 0 radical (unpaired) electrons. The van der Waals surface area contributed by atoms with Crippen LogP contribution in [0.5, 0.6) is 0 Å². The van der Waals surface area contributed by atoms with Crippen LogP contribution >= 0.6 is 0 Å². The maximum absolute atomic E-state index is 12.6. The summed E-state index contributed by atoms with van der Waals surface area (Å²) in [5.41, 5.74) is -0.0185. The van der Waals surface area contributed by atoms with Crippen molar-refractivity contribution in [2.45, 2.75) is 57.9 Å². The third-order valence-electron chi connectivity index (χ3n) is 5.25. The second-order valence-electron chi connectivity index (χ2n) is 8.90. The Morgan fingerprint density at radius 2 is 1.81 bits per heavy atom. The summed E-state index contributed by atoms with van der Waals surface area (Å²) in [4.78, 5) is 50.2. The van der Waals surface area contributed by atoms with Crippen molar-refractivity contribution in [2.75, 3.05) is 19.6 Å². The van der Waals surface area contributed by atoms with Crippen molar-refractivity contribution in [2.24, 2.45) is 0 Å². The lowest BCUT2D eigenvalue weighted by molar-refractivity contribution is -0.384. The summed E-state index contributed by atoms with van der Waals surface area (Å²) in [6.45, 7) is 6.61. The number of nitrogens with one attached hydrogen (secondary N) is 1. The summed E-state index contributed by atoms with van der Waals surface area (Å²) in [5.74, 6) is -0.278. The smallest absolute Gasteiger partial charge is 0.410 e. The first-order valence-corrected chi connectivity index (χ1v) is 10.5. The monoisotopic (exact) mass is 448 g/mol. The van der Waals surface area contributed by atoms with Crippen LogP contribution in [0.2, 0.25) is 0 Å². The van der Waals surface area contributed by atoms with E-state index in [0.717, 1.165) is 0 Å². The summed E-state index contributed by atoms with van der Waals surface area (Å²) in [6.07, 6.45) is 0.120. The molecule has 0 bridgehead atoms. The number of rotatable bonds is 5. The summed E-state index contributed by atoms with van der Waals surface area (Å²) >= 11 is 0. The van der Waals surface area contributed by atoms with Crippen LogP contribution < -0.4 is 5.32 Å². The van der Waals surface area contributed by atoms with Gasteiger partial charge in [0, 0.05) is 37.8 Å². The van der Waals surface area contributed by atoms with Crippen LogP contribution in [0.1, 0.15) is 39.2 Å². The molecule has 0 spiro atoms. The van der Waals surface area contributed by atoms with Gasteiger partial charge in [0.2, 0.25) is 5.91 Å². The summed E-state index contributed by atoms with van der Waals surface area (Å²) in [5, 5.41) is 13.6. The fourth-order valence-corrected chi connectivity index (χ4v) is 3.49. The van der Waals surface area contributed by atoms with E-state index in [9.17, 15) is 24.5 Å². The summed E-state index contributed by atoms with van der Waals surface area (Å²) in [7, 11) is 0. The van der Waals surface area contributed by atoms with Gasteiger partial charge in [-0.25, -0.2) is 9.59 Å². The van der Waals surface area contributed by atoms with Crippen molar-refractivity contribution in [1.82, 2.24) is 15.1 Å². The molecule has 0 aliphatic carbocycles. The van der Waals surface area contributed by atoms with Crippen molar-refractivity contribution in [3.8, 4) is 0 Å². The zero-order valence-electron chi connectivity index (χ0n) is 18.4. The number of ether oxygens (including phenoxy) is 2. The maximum Gasteiger partial charge on any atom is 0.410 e. The Bertz CT molecular complexity index is 881. The Balaban J connectivity index is 1.44. The van der Waals surface area contributed by atoms with Crippen LogP contribution in [0.15, 0.2) is 24.3 Å². The highest BCUT2D eigenvalue weighted by molar-refractivity contribution is 5.87. The number of nitro groups is 1. The molecule has 3 rings (SSSR count). The maximum atomic E-state index is 12.6. The largest absolute Gasteiger partial charge is 0.445 e. The molecule has 2 atom stereocenters. The Morgan fingerprint density at radius 1 is 1.12 bits per heavy atom. The molecule has 11 heteroatoms. The zero-order chi connectivity index (χ0) is 23.5. The number of benzene rings is 1. The molecule has 3 amide bonds. The number of hydrogen-bond acceptors (Lipinski definition) is 7. The van der Waals surface area contributed by atoms with E-state index >= 15 is 0 Å². The minimum atomic E-state index is -0.616. The number of amides is 3. The molecule has 0 saturated carbocycles. The van der Waals surface area contributed by atoms with Gasteiger partial charge in [-0.2, -0.15) is 0 Å². The van der Waals surface area contributed by atoms with Gasteiger partial charge in [0.1, 0.15) is 18.2 Å². The lowest BCUT2D eigenvalue weighted by Gasteiger charge is -2.39. The van der Waals surface area contributed by atoms with Crippen LogP contribution in [0, 0.1) is 10.1 Å². The van der Waals surface area contributed by atoms with E-state index in [-0.39, 0.29) is 24.2 Å². The molecule has 2 fully saturated rings. The molecule has 32 heavy (non-hydrogen) atoms. The quantitative estimate of drug-likeness (QED) is 0.540. The van der Waals surface area contributed by atoms with Crippen molar-refractivity contribution in [1.29, 1.82) is 0 Å². The topological polar surface area (TPSA) is 131 Å². The fourth-order valence-electron chi connectivity index (χ4n) is 3.49. The predicted molar refractivity (Wildman–Crippen MR) is 113 cm³/mol. The van der Waals surface area contributed by atoms with Crippen molar-refractivity contribution < 1.29 is 28.8 Å². The zero-order valence-corrected chi connectivity index (χ0v) is 18.4. The number of nitrogens with zero attached hydrogens (tertiary/aromatic N) is 3. The van der Waals surface area contributed by atoms with Crippen LogP contribution in [-0.4, -0.2) is 70.1 Å². The summed E-state index contributed by atoms with van der Waals surface area (Å²) < 4.78 is 10.6. The molecule has 0 aromatic heterocycles. The van der Waals surface area contributed by atoms with E-state index < -0.39 is 28.8 Å². The normalized spacial score (nSPS) is 20.3. The SMILES string of the molecule is CC(C)(C)OC(=O)N1CC[C@H](NC(=O)[C@@H]2CCN2C(=O)OCc2ccc([N+](=O)[O-])cc2)C1. The van der Waals surface area contributed by atoms with Gasteiger partial charge in [-0.15, -0.1) is 0 Å². The fraction of sp³-hybridized carbons (Fsp3) is 0.571. The van der Waals surface area contributed by atoms with Crippen molar-refractivity contribution in [3.63, 3.8) is 0 Å². The number of hydrogen-bond donors (Lipinski definition) is 1. The van der Waals surface area contributed by atoms with Gasteiger partial charge in [0.25, 0.3) is 5.69 Å². The van der Waals surface area contributed by atoms with Gasteiger partial charge < -0.3 is 19.7 Å². The third kappa shape index (κ3) is 5.86. The third-order valence-corrected chi connectivity index (χ3v) is 5.25. The molecule has 2 saturated heterocycles. The lowest BCUT2D eigenvalue weighted by atomic mass is 10.0. The molecule has 0 unspecified atom stereocenters. The first-order valence-electron chi connectivity index (χ1n) is 10.5. The highest BCUT2D eigenvalue weighted by Gasteiger charge is 2.40. The molecule has 1 N–H and O–H groups in total. The van der Waals surface area contributed by atoms with Crippen molar-refractivity contribution in [3.05, 3.63) is 39.9 Å². The Kier molecular flexibility index (Phi) is 6.85. The van der Waals surface area contributed by atoms with E-state index in [0.29, 0.717) is 38.0 Å². The minimum absolute atomic E-state index is 0.0447. The van der Waals surface area contributed by atoms with Gasteiger partial charge >= 0.3 is 12.2 Å².